The summed E-state index contributed by atoms with van der Waals surface area (Å²) in [5, 5.41) is 16.4. The van der Waals surface area contributed by atoms with Crippen molar-refractivity contribution >= 4 is 0 Å². The molecule has 1 fully saturated rings. The minimum absolute atomic E-state index is 0.408. The third-order valence-electron chi connectivity index (χ3n) is 2.67. The molecule has 1 aromatic rings. The number of aliphatic hydroxyl groups is 1. The van der Waals surface area contributed by atoms with Gasteiger partial charge in [-0.05, 0) is 18.8 Å². The maximum atomic E-state index is 9.60. The molecule has 96 valence electrons. The maximum Gasteiger partial charge on any atom is 0.213 e. The summed E-state index contributed by atoms with van der Waals surface area (Å²) in [6.45, 7) is 2.45. The Bertz CT molecular complexity index is 301. The Morgan fingerprint density at radius 2 is 2.47 bits per heavy atom. The van der Waals surface area contributed by atoms with Crippen LogP contribution in [0.1, 0.15) is 18.7 Å². The van der Waals surface area contributed by atoms with E-state index in [1.807, 2.05) is 0 Å². The Hall–Kier alpha value is -0.980. The molecule has 1 atom stereocenters. The highest BCUT2D eigenvalue weighted by Crippen LogP contribution is 2.28. The first-order valence-electron chi connectivity index (χ1n) is 6.06. The van der Waals surface area contributed by atoms with Crippen molar-refractivity contribution in [3.8, 4) is 0 Å². The topological polar surface area (TPSA) is 80.4 Å². The SMILES string of the molecule is OC(CNCCc1ncon1)COCC1CC1. The minimum Gasteiger partial charge on any atom is -0.389 e. The molecule has 2 N–H and O–H groups in total. The molecule has 1 aromatic heterocycles. The lowest BCUT2D eigenvalue weighted by molar-refractivity contribution is 0.0327. The molecule has 1 unspecified atom stereocenters. The van der Waals surface area contributed by atoms with Crippen LogP contribution in [-0.4, -0.2) is 47.7 Å². The number of hydrogen-bond acceptors (Lipinski definition) is 6. The van der Waals surface area contributed by atoms with Gasteiger partial charge in [-0.25, -0.2) is 0 Å². The smallest absolute Gasteiger partial charge is 0.213 e. The highest BCUT2D eigenvalue weighted by atomic mass is 16.5. The van der Waals surface area contributed by atoms with Crippen LogP contribution in [0.25, 0.3) is 0 Å². The van der Waals surface area contributed by atoms with Crippen LogP contribution >= 0.6 is 0 Å². The van der Waals surface area contributed by atoms with Crippen LogP contribution in [0, 0.1) is 5.92 Å². The van der Waals surface area contributed by atoms with E-state index in [0.717, 1.165) is 19.1 Å². The molecule has 0 aliphatic heterocycles. The Labute approximate surface area is 100 Å². The van der Waals surface area contributed by atoms with Gasteiger partial charge in [0.2, 0.25) is 6.39 Å². The predicted molar refractivity (Wildman–Crippen MR) is 60.4 cm³/mol. The number of ether oxygens (including phenoxy) is 1. The Morgan fingerprint density at radius 3 is 3.18 bits per heavy atom. The molecule has 0 saturated heterocycles. The summed E-state index contributed by atoms with van der Waals surface area (Å²) >= 11 is 0. The summed E-state index contributed by atoms with van der Waals surface area (Å²) in [6.07, 6.45) is 4.12. The number of aliphatic hydroxyl groups excluding tert-OH is 1. The van der Waals surface area contributed by atoms with Gasteiger partial charge in [0.25, 0.3) is 0 Å². The van der Waals surface area contributed by atoms with Gasteiger partial charge < -0.3 is 19.7 Å². The minimum atomic E-state index is -0.445. The molecule has 6 nitrogen and oxygen atoms in total. The Balaban J connectivity index is 1.43. The van der Waals surface area contributed by atoms with Crippen molar-refractivity contribution < 1.29 is 14.4 Å². The van der Waals surface area contributed by atoms with E-state index in [1.165, 1.54) is 19.2 Å². The molecule has 0 amide bonds. The van der Waals surface area contributed by atoms with Gasteiger partial charge in [-0.15, -0.1) is 0 Å². The summed E-state index contributed by atoms with van der Waals surface area (Å²) in [5.41, 5.74) is 0. The monoisotopic (exact) mass is 241 g/mol. The van der Waals surface area contributed by atoms with Crippen LogP contribution in [0.3, 0.4) is 0 Å². The summed E-state index contributed by atoms with van der Waals surface area (Å²) in [6, 6.07) is 0. The molecule has 1 heterocycles. The Kier molecular flexibility index (Phi) is 4.90. The van der Waals surface area contributed by atoms with Crippen LogP contribution in [0.15, 0.2) is 10.9 Å². The van der Waals surface area contributed by atoms with Crippen LogP contribution in [0.5, 0.6) is 0 Å². The summed E-state index contributed by atoms with van der Waals surface area (Å²) in [5.74, 6) is 1.42. The average Bonchev–Trinajstić information content (AvgIpc) is 3.00. The quantitative estimate of drug-likeness (QED) is 0.592. The molecule has 1 aliphatic rings. The second kappa shape index (κ2) is 6.68. The van der Waals surface area contributed by atoms with Gasteiger partial charge in [-0.3, -0.25) is 0 Å². The van der Waals surface area contributed by atoms with E-state index >= 15 is 0 Å². The molecule has 0 aromatic carbocycles. The van der Waals surface area contributed by atoms with Gasteiger partial charge in [0.15, 0.2) is 5.82 Å². The average molecular weight is 241 g/mol. The van der Waals surface area contributed by atoms with Crippen molar-refractivity contribution in [2.75, 3.05) is 26.3 Å². The fourth-order valence-corrected chi connectivity index (χ4v) is 1.49. The molecule has 0 spiro atoms. The highest BCUT2D eigenvalue weighted by molar-refractivity contribution is 4.78. The number of rotatable bonds is 9. The molecule has 17 heavy (non-hydrogen) atoms. The Morgan fingerprint density at radius 1 is 1.59 bits per heavy atom. The fraction of sp³-hybridized carbons (Fsp3) is 0.818. The van der Waals surface area contributed by atoms with Crippen molar-refractivity contribution in [1.29, 1.82) is 0 Å². The van der Waals surface area contributed by atoms with Crippen molar-refractivity contribution in [1.82, 2.24) is 15.5 Å². The predicted octanol–water partition coefficient (Wildman–Crippen LogP) is -0.0108. The van der Waals surface area contributed by atoms with Crippen molar-refractivity contribution in [2.24, 2.45) is 5.92 Å². The van der Waals surface area contributed by atoms with Gasteiger partial charge in [0, 0.05) is 26.1 Å². The molecular formula is C11H19N3O3. The standard InChI is InChI=1S/C11H19N3O3/c15-10(7-16-6-9-1-2-9)5-12-4-3-11-13-8-17-14-11/h8-10,12,15H,1-7H2. The third-order valence-corrected chi connectivity index (χ3v) is 2.67. The lowest BCUT2D eigenvalue weighted by atomic mass is 10.3. The van der Waals surface area contributed by atoms with Gasteiger partial charge in [0.1, 0.15) is 0 Å². The zero-order chi connectivity index (χ0) is 11.9. The number of aromatic nitrogens is 2. The number of nitrogens with zero attached hydrogens (tertiary/aromatic N) is 2. The van der Waals surface area contributed by atoms with E-state index in [9.17, 15) is 5.11 Å². The van der Waals surface area contributed by atoms with Gasteiger partial charge in [-0.2, -0.15) is 4.98 Å². The zero-order valence-corrected chi connectivity index (χ0v) is 9.84. The summed E-state index contributed by atoms with van der Waals surface area (Å²) < 4.78 is 10.0. The van der Waals surface area contributed by atoms with E-state index in [4.69, 9.17) is 4.74 Å². The largest absolute Gasteiger partial charge is 0.389 e. The third kappa shape index (κ3) is 5.25. The number of nitrogens with one attached hydrogen (secondary N) is 1. The second-order valence-corrected chi connectivity index (χ2v) is 4.44. The van der Waals surface area contributed by atoms with E-state index in [2.05, 4.69) is 20.0 Å². The van der Waals surface area contributed by atoms with E-state index in [0.29, 0.717) is 25.4 Å². The van der Waals surface area contributed by atoms with Crippen LogP contribution in [0.4, 0.5) is 0 Å². The molecule has 1 aliphatic carbocycles. The van der Waals surface area contributed by atoms with Gasteiger partial charge >= 0.3 is 0 Å². The van der Waals surface area contributed by atoms with Crippen LogP contribution in [0.2, 0.25) is 0 Å². The molecule has 6 heteroatoms. The van der Waals surface area contributed by atoms with Gasteiger partial charge in [0.05, 0.1) is 12.7 Å². The zero-order valence-electron chi connectivity index (χ0n) is 9.84. The lowest BCUT2D eigenvalue weighted by Gasteiger charge is -2.11. The molecular weight excluding hydrogens is 222 g/mol. The van der Waals surface area contributed by atoms with Gasteiger partial charge in [-0.1, -0.05) is 5.16 Å². The second-order valence-electron chi connectivity index (χ2n) is 4.44. The first-order chi connectivity index (χ1) is 8.34. The summed E-state index contributed by atoms with van der Waals surface area (Å²) in [4.78, 5) is 3.90. The maximum absolute atomic E-state index is 9.60. The lowest BCUT2D eigenvalue weighted by Crippen LogP contribution is -2.32. The van der Waals surface area contributed by atoms with Crippen molar-refractivity contribution in [3.63, 3.8) is 0 Å². The first kappa shape index (κ1) is 12.5. The van der Waals surface area contributed by atoms with E-state index in [1.54, 1.807) is 0 Å². The van der Waals surface area contributed by atoms with E-state index < -0.39 is 6.10 Å². The summed E-state index contributed by atoms with van der Waals surface area (Å²) in [7, 11) is 0. The first-order valence-corrected chi connectivity index (χ1v) is 6.06. The number of hydrogen-bond donors (Lipinski definition) is 2. The highest BCUT2D eigenvalue weighted by Gasteiger charge is 2.21. The molecule has 0 bridgehead atoms. The van der Waals surface area contributed by atoms with E-state index in [-0.39, 0.29) is 0 Å². The van der Waals surface area contributed by atoms with Crippen molar-refractivity contribution in [2.45, 2.75) is 25.4 Å². The molecule has 0 radical (unpaired) electrons. The molecule has 2 rings (SSSR count). The normalized spacial score (nSPS) is 17.2. The fourth-order valence-electron chi connectivity index (χ4n) is 1.49. The molecule has 1 saturated carbocycles. The van der Waals surface area contributed by atoms with Crippen molar-refractivity contribution in [3.05, 3.63) is 12.2 Å². The van der Waals surface area contributed by atoms with Crippen LogP contribution < -0.4 is 5.32 Å². The van der Waals surface area contributed by atoms with Crippen LogP contribution in [-0.2, 0) is 11.2 Å².